The molecule has 5 aromatic rings. The lowest BCUT2D eigenvalue weighted by Gasteiger charge is -2.09. The van der Waals surface area contributed by atoms with Gasteiger partial charge in [0.15, 0.2) is 28.9 Å². The second-order valence-electron chi connectivity index (χ2n) is 8.64. The lowest BCUT2D eigenvalue weighted by molar-refractivity contribution is 0.360. The molecule has 0 aliphatic heterocycles. The number of aryl methyl sites for hydroxylation is 1. The molecule has 2 aromatic heterocycles. The highest BCUT2D eigenvalue weighted by Gasteiger charge is 2.26. The number of nitrogens with two attached hydrogens (primary N) is 1. The van der Waals surface area contributed by atoms with E-state index in [0.717, 1.165) is 17.5 Å². The number of hydrogen-bond donors (Lipinski definition) is 2. The van der Waals surface area contributed by atoms with E-state index in [-0.39, 0.29) is 12.4 Å². The van der Waals surface area contributed by atoms with Crippen molar-refractivity contribution in [2.45, 2.75) is 24.3 Å². The lowest BCUT2D eigenvalue weighted by atomic mass is 10.0. The van der Waals surface area contributed by atoms with Gasteiger partial charge >= 0.3 is 0 Å². The summed E-state index contributed by atoms with van der Waals surface area (Å²) in [4.78, 5) is 7.43. The molecule has 0 unspecified atom stereocenters. The molecule has 0 amide bonds. The van der Waals surface area contributed by atoms with Crippen LogP contribution in [0.3, 0.4) is 0 Å². The number of fused-ring (bicyclic) bond motifs is 1. The van der Waals surface area contributed by atoms with E-state index in [1.807, 2.05) is 42.5 Å². The Morgan fingerprint density at radius 2 is 1.44 bits per heavy atom. The predicted molar refractivity (Wildman–Crippen MR) is 139 cm³/mol. The number of halogens is 5. The average Bonchev–Trinajstić information content (AvgIpc) is 3.33. The van der Waals surface area contributed by atoms with Crippen LogP contribution in [-0.2, 0) is 13.0 Å². The van der Waals surface area contributed by atoms with E-state index in [4.69, 9.17) is 5.73 Å². The third-order valence-corrected chi connectivity index (χ3v) is 6.94. The molecule has 0 radical (unpaired) electrons. The van der Waals surface area contributed by atoms with Gasteiger partial charge in [-0.25, -0.2) is 36.6 Å². The molecule has 3 aromatic carbocycles. The van der Waals surface area contributed by atoms with Crippen LogP contribution in [0.1, 0.15) is 17.5 Å². The van der Waals surface area contributed by atoms with Gasteiger partial charge in [-0.3, -0.25) is 4.72 Å². The number of benzene rings is 3. The van der Waals surface area contributed by atoms with Gasteiger partial charge in [-0.05, 0) is 35.9 Å². The standard InChI is InChI=1S/C27H21F5N6S/c28-19-20(29)22(31)25(23(32)21(19)30)39-36-11-4-12-38-27-18(26(33)34-14-35-27)24(37-38)17-9-7-16(8-10-17)13-15-5-2-1-3-6-15/h1-3,5-10,14,36H,4,11-13H2,(H2,33,34,35). The maximum absolute atomic E-state index is 13.9. The highest BCUT2D eigenvalue weighted by atomic mass is 32.2. The Bertz CT molecular complexity index is 1600. The summed E-state index contributed by atoms with van der Waals surface area (Å²) in [5.41, 5.74) is 10.5. The molecule has 3 N–H and O–H groups in total. The van der Waals surface area contributed by atoms with Gasteiger partial charge in [-0.15, -0.1) is 0 Å². The molecule has 0 saturated heterocycles. The van der Waals surface area contributed by atoms with Crippen LogP contribution in [0.25, 0.3) is 22.3 Å². The molecule has 0 aliphatic carbocycles. The van der Waals surface area contributed by atoms with E-state index in [2.05, 4.69) is 31.9 Å². The van der Waals surface area contributed by atoms with Gasteiger partial charge in [-0.1, -0.05) is 54.6 Å². The van der Waals surface area contributed by atoms with E-state index >= 15 is 0 Å². The number of aromatic nitrogens is 4. The van der Waals surface area contributed by atoms with Crippen LogP contribution in [0.2, 0.25) is 0 Å². The number of anilines is 1. The fourth-order valence-electron chi connectivity index (χ4n) is 4.10. The second kappa shape index (κ2) is 11.4. The molecule has 0 fully saturated rings. The zero-order chi connectivity index (χ0) is 27.5. The molecular weight excluding hydrogens is 535 g/mol. The molecular formula is C27H21F5N6S. The third-order valence-electron chi connectivity index (χ3n) is 6.03. The Labute approximate surface area is 224 Å². The Morgan fingerprint density at radius 3 is 2.13 bits per heavy atom. The van der Waals surface area contributed by atoms with E-state index in [9.17, 15) is 22.0 Å². The summed E-state index contributed by atoms with van der Waals surface area (Å²) in [7, 11) is 0. The number of nitrogens with one attached hydrogen (secondary N) is 1. The first kappa shape index (κ1) is 26.6. The van der Waals surface area contributed by atoms with E-state index in [1.54, 1.807) is 4.68 Å². The number of hydrogen-bond acceptors (Lipinski definition) is 6. The van der Waals surface area contributed by atoms with Gasteiger partial charge in [0, 0.05) is 18.7 Å². The number of nitrogens with zero attached hydrogens (tertiary/aromatic N) is 4. The molecule has 12 heteroatoms. The fourth-order valence-corrected chi connectivity index (χ4v) is 4.85. The van der Waals surface area contributed by atoms with Crippen molar-refractivity contribution in [1.29, 1.82) is 0 Å². The Hall–Kier alpha value is -4.03. The SMILES string of the molecule is Nc1ncnc2c1c(-c1ccc(Cc3ccccc3)cc1)nn2CCCNSc1c(F)c(F)c(F)c(F)c1F. The Kier molecular flexibility index (Phi) is 7.75. The van der Waals surface area contributed by atoms with Gasteiger partial charge in [0.05, 0.1) is 5.39 Å². The van der Waals surface area contributed by atoms with Gasteiger partial charge in [0.1, 0.15) is 22.7 Å². The van der Waals surface area contributed by atoms with Crippen LogP contribution < -0.4 is 10.5 Å². The van der Waals surface area contributed by atoms with Crippen LogP contribution in [0.4, 0.5) is 27.8 Å². The maximum Gasteiger partial charge on any atom is 0.200 e. The summed E-state index contributed by atoms with van der Waals surface area (Å²) in [6, 6.07) is 18.1. The van der Waals surface area contributed by atoms with Crippen molar-refractivity contribution in [3.8, 4) is 11.3 Å². The van der Waals surface area contributed by atoms with Crippen molar-refractivity contribution in [3.63, 3.8) is 0 Å². The van der Waals surface area contributed by atoms with Crippen molar-refractivity contribution in [2.75, 3.05) is 12.3 Å². The van der Waals surface area contributed by atoms with Crippen LogP contribution in [0.15, 0.2) is 65.8 Å². The predicted octanol–water partition coefficient (Wildman–Crippen LogP) is 6.05. The zero-order valence-corrected chi connectivity index (χ0v) is 21.1. The first-order chi connectivity index (χ1) is 18.8. The first-order valence-corrected chi connectivity index (χ1v) is 12.7. The smallest absolute Gasteiger partial charge is 0.200 e. The van der Waals surface area contributed by atoms with E-state index < -0.39 is 34.0 Å². The molecule has 0 saturated carbocycles. The topological polar surface area (TPSA) is 81.7 Å². The van der Waals surface area contributed by atoms with Gasteiger partial charge < -0.3 is 5.73 Å². The lowest BCUT2D eigenvalue weighted by Crippen LogP contribution is -2.12. The summed E-state index contributed by atoms with van der Waals surface area (Å²) >= 11 is 0.334. The van der Waals surface area contributed by atoms with Crippen LogP contribution >= 0.6 is 11.9 Å². The second-order valence-corrected chi connectivity index (χ2v) is 9.54. The first-order valence-electron chi connectivity index (χ1n) is 11.9. The third kappa shape index (κ3) is 5.43. The molecule has 2 heterocycles. The van der Waals surface area contributed by atoms with Gasteiger partial charge in [-0.2, -0.15) is 5.10 Å². The summed E-state index contributed by atoms with van der Waals surface area (Å²) in [6.45, 7) is 0.513. The molecule has 0 bridgehead atoms. The highest BCUT2D eigenvalue weighted by Crippen LogP contribution is 2.31. The van der Waals surface area contributed by atoms with Crippen LogP contribution in [0, 0.1) is 29.1 Å². The Balaban J connectivity index is 1.29. The number of nitrogen functional groups attached to an aromatic ring is 1. The zero-order valence-electron chi connectivity index (χ0n) is 20.3. The van der Waals surface area contributed by atoms with Crippen LogP contribution in [-0.4, -0.2) is 26.3 Å². The minimum atomic E-state index is -2.19. The largest absolute Gasteiger partial charge is 0.383 e. The summed E-state index contributed by atoms with van der Waals surface area (Å²) in [6.07, 6.45) is 2.52. The highest BCUT2D eigenvalue weighted by molar-refractivity contribution is 7.97. The maximum atomic E-state index is 13.9. The van der Waals surface area contributed by atoms with Crippen molar-refractivity contribution in [3.05, 3.63) is 101 Å². The molecule has 6 nitrogen and oxygen atoms in total. The van der Waals surface area contributed by atoms with Gasteiger partial charge in [0.25, 0.3) is 0 Å². The quantitative estimate of drug-likeness (QED) is 0.0757. The van der Waals surface area contributed by atoms with Crippen LogP contribution in [0.5, 0.6) is 0 Å². The molecule has 0 atom stereocenters. The fraction of sp³-hybridized carbons (Fsp3) is 0.148. The number of rotatable bonds is 9. The molecule has 5 rings (SSSR count). The monoisotopic (exact) mass is 556 g/mol. The van der Waals surface area contributed by atoms with Crippen molar-refractivity contribution >= 4 is 28.8 Å². The van der Waals surface area contributed by atoms with Crippen molar-refractivity contribution in [2.24, 2.45) is 0 Å². The average molecular weight is 557 g/mol. The molecule has 39 heavy (non-hydrogen) atoms. The van der Waals surface area contributed by atoms with Gasteiger partial charge in [0.2, 0.25) is 5.82 Å². The van der Waals surface area contributed by atoms with Crippen molar-refractivity contribution in [1.82, 2.24) is 24.5 Å². The summed E-state index contributed by atoms with van der Waals surface area (Å²) in [5, 5.41) is 5.28. The minimum Gasteiger partial charge on any atom is -0.383 e. The Morgan fingerprint density at radius 1 is 0.795 bits per heavy atom. The molecule has 0 spiro atoms. The summed E-state index contributed by atoms with van der Waals surface area (Å²) < 4.78 is 72.1. The molecule has 200 valence electrons. The van der Waals surface area contributed by atoms with Crippen molar-refractivity contribution < 1.29 is 22.0 Å². The van der Waals surface area contributed by atoms with E-state index in [1.165, 1.54) is 11.9 Å². The normalized spacial score (nSPS) is 11.4. The minimum absolute atomic E-state index is 0.176. The van der Waals surface area contributed by atoms with E-state index in [0.29, 0.717) is 41.6 Å². The summed E-state index contributed by atoms with van der Waals surface area (Å²) in [5.74, 6) is -9.65. The molecule has 0 aliphatic rings.